The van der Waals surface area contributed by atoms with Crippen molar-refractivity contribution < 1.29 is 19.1 Å². The molecule has 0 spiro atoms. The normalized spacial score (nSPS) is 19.3. The zero-order valence-corrected chi connectivity index (χ0v) is 22.4. The number of hydrogen-bond acceptors (Lipinski definition) is 5. The predicted octanol–water partition coefficient (Wildman–Crippen LogP) is 6.85. The van der Waals surface area contributed by atoms with Crippen LogP contribution in [0, 0.1) is 6.92 Å². The fraction of sp³-hybridized carbons (Fsp3) is 0.258. The third kappa shape index (κ3) is 5.00. The maximum atomic E-state index is 11.4. The Kier molecular flexibility index (Phi) is 6.79. The number of nitrogens with zero attached hydrogens (tertiary/aromatic N) is 2. The van der Waals surface area contributed by atoms with Gasteiger partial charge in [0.25, 0.3) is 0 Å². The topological polar surface area (TPSA) is 87.8 Å². The summed E-state index contributed by atoms with van der Waals surface area (Å²) in [5.74, 6) is 1.30. The summed E-state index contributed by atoms with van der Waals surface area (Å²) in [7, 11) is 0. The lowest BCUT2D eigenvalue weighted by Gasteiger charge is -2.26. The Labute approximate surface area is 232 Å². The fourth-order valence-corrected chi connectivity index (χ4v) is 5.88. The highest BCUT2D eigenvalue weighted by Crippen LogP contribution is 2.43. The molecule has 0 bridgehead atoms. The number of ether oxygens (including phenoxy) is 1. The Balaban J connectivity index is 1.35. The van der Waals surface area contributed by atoms with E-state index in [2.05, 4.69) is 15.2 Å². The highest BCUT2D eigenvalue weighted by atomic mass is 32.1. The summed E-state index contributed by atoms with van der Waals surface area (Å²) in [6.07, 6.45) is 6.73. The molecule has 2 fully saturated rings. The van der Waals surface area contributed by atoms with Crippen molar-refractivity contribution in [3.8, 4) is 17.1 Å². The van der Waals surface area contributed by atoms with E-state index in [9.17, 15) is 9.90 Å². The molecule has 39 heavy (non-hydrogen) atoms. The first-order chi connectivity index (χ1) is 19.0. The van der Waals surface area contributed by atoms with E-state index in [1.54, 1.807) is 24.4 Å². The van der Waals surface area contributed by atoms with E-state index >= 15 is 0 Å². The van der Waals surface area contributed by atoms with E-state index in [1.807, 2.05) is 61.5 Å². The molecule has 1 aliphatic heterocycles. The van der Waals surface area contributed by atoms with Gasteiger partial charge in [0.2, 0.25) is 0 Å². The molecule has 198 valence electrons. The SMILES string of the molecule is Cc1cc(C(=O)O)ccc1-c1ccc([C@H]2[C@H](c3ccccn3)NC(=S)N2c2ccc(OC3CCCC3)cc2)o1. The first-order valence-corrected chi connectivity index (χ1v) is 13.6. The minimum absolute atomic E-state index is 0.234. The molecule has 0 unspecified atom stereocenters. The molecule has 0 radical (unpaired) electrons. The Morgan fingerprint density at radius 3 is 2.56 bits per heavy atom. The number of rotatable bonds is 7. The van der Waals surface area contributed by atoms with Crippen LogP contribution in [0.25, 0.3) is 11.3 Å². The van der Waals surface area contributed by atoms with Crippen molar-refractivity contribution in [3.05, 3.63) is 102 Å². The Morgan fingerprint density at radius 2 is 1.87 bits per heavy atom. The van der Waals surface area contributed by atoms with Gasteiger partial charge in [0, 0.05) is 17.4 Å². The van der Waals surface area contributed by atoms with Crippen molar-refractivity contribution in [2.75, 3.05) is 4.90 Å². The molecular weight excluding hydrogens is 510 g/mol. The molecule has 2 aliphatic rings. The van der Waals surface area contributed by atoms with Gasteiger partial charge in [-0.25, -0.2) is 4.79 Å². The number of aromatic carboxylic acids is 1. The van der Waals surface area contributed by atoms with Gasteiger partial charge in [-0.3, -0.25) is 4.98 Å². The average molecular weight is 540 g/mol. The zero-order valence-electron chi connectivity index (χ0n) is 21.5. The van der Waals surface area contributed by atoms with Crippen LogP contribution in [-0.2, 0) is 0 Å². The second kappa shape index (κ2) is 10.5. The molecule has 1 saturated heterocycles. The number of aromatic nitrogens is 1. The second-order valence-corrected chi connectivity index (χ2v) is 10.4. The summed E-state index contributed by atoms with van der Waals surface area (Å²) in [6.45, 7) is 1.88. The summed E-state index contributed by atoms with van der Waals surface area (Å²) < 4.78 is 12.6. The van der Waals surface area contributed by atoms with Crippen LogP contribution < -0.4 is 15.0 Å². The number of carbonyl (C=O) groups is 1. The van der Waals surface area contributed by atoms with Gasteiger partial charge >= 0.3 is 5.97 Å². The van der Waals surface area contributed by atoms with Crippen LogP contribution in [0.1, 0.15) is 65.1 Å². The minimum atomic E-state index is -0.955. The standard InChI is InChI=1S/C31H29N3O4S/c1-19-18-20(30(35)36)9-14-24(19)26-15-16-27(38-26)29-28(25-8-4-5-17-32-25)33-31(39)34(29)21-10-12-23(13-11-21)37-22-6-2-3-7-22/h4-5,8-18,22,28-29H,2-3,6-7H2,1H3,(H,33,39)(H,35,36)/t28-,29-/m0/s1. The third-order valence-electron chi connectivity index (χ3n) is 7.48. The number of benzene rings is 2. The number of hydrogen-bond donors (Lipinski definition) is 2. The predicted molar refractivity (Wildman–Crippen MR) is 153 cm³/mol. The van der Waals surface area contributed by atoms with Crippen LogP contribution in [0.5, 0.6) is 5.75 Å². The fourth-order valence-electron chi connectivity index (χ4n) is 5.54. The Hall–Kier alpha value is -4.17. The molecule has 1 aliphatic carbocycles. The monoisotopic (exact) mass is 539 g/mol. The van der Waals surface area contributed by atoms with Gasteiger partial charge in [0.05, 0.1) is 23.4 Å². The first kappa shape index (κ1) is 25.1. The van der Waals surface area contributed by atoms with Crippen LogP contribution >= 0.6 is 12.2 Å². The quantitative estimate of drug-likeness (QED) is 0.247. The summed E-state index contributed by atoms with van der Waals surface area (Å²) >= 11 is 5.84. The smallest absolute Gasteiger partial charge is 0.335 e. The highest BCUT2D eigenvalue weighted by Gasteiger charge is 2.42. The molecule has 4 aromatic rings. The van der Waals surface area contributed by atoms with Crippen molar-refractivity contribution >= 4 is 29.0 Å². The van der Waals surface area contributed by atoms with Crippen LogP contribution in [0.2, 0.25) is 0 Å². The van der Waals surface area contributed by atoms with Gasteiger partial charge in [-0.2, -0.15) is 0 Å². The number of pyridine rings is 1. The molecule has 2 aromatic carbocycles. The molecule has 1 saturated carbocycles. The largest absolute Gasteiger partial charge is 0.490 e. The van der Waals surface area contributed by atoms with Gasteiger partial charge in [0.1, 0.15) is 23.3 Å². The summed E-state index contributed by atoms with van der Waals surface area (Å²) in [6, 6.07) is 22.3. The number of carboxylic acid groups (broad SMARTS) is 1. The van der Waals surface area contributed by atoms with E-state index in [4.69, 9.17) is 21.4 Å². The van der Waals surface area contributed by atoms with Crippen molar-refractivity contribution in [1.29, 1.82) is 0 Å². The van der Waals surface area contributed by atoms with Crippen molar-refractivity contribution in [2.45, 2.75) is 50.8 Å². The molecule has 8 heteroatoms. The van der Waals surface area contributed by atoms with Crippen molar-refractivity contribution in [1.82, 2.24) is 10.3 Å². The Morgan fingerprint density at radius 1 is 1.08 bits per heavy atom. The first-order valence-electron chi connectivity index (χ1n) is 13.2. The molecule has 2 atom stereocenters. The van der Waals surface area contributed by atoms with E-state index in [-0.39, 0.29) is 17.6 Å². The molecule has 6 rings (SSSR count). The second-order valence-electron chi connectivity index (χ2n) is 10.1. The minimum Gasteiger partial charge on any atom is -0.490 e. The third-order valence-corrected chi connectivity index (χ3v) is 7.79. The number of anilines is 1. The lowest BCUT2D eigenvalue weighted by Crippen LogP contribution is -2.29. The molecule has 7 nitrogen and oxygen atoms in total. The summed E-state index contributed by atoms with van der Waals surface area (Å²) in [5.41, 5.74) is 3.69. The van der Waals surface area contributed by atoms with E-state index < -0.39 is 5.97 Å². The van der Waals surface area contributed by atoms with E-state index in [0.29, 0.717) is 17.0 Å². The summed E-state index contributed by atoms with van der Waals surface area (Å²) in [5, 5.41) is 13.4. The number of furan rings is 1. The highest BCUT2D eigenvalue weighted by molar-refractivity contribution is 7.80. The van der Waals surface area contributed by atoms with Gasteiger partial charge in [-0.05, 0) is 111 Å². The molecule has 0 amide bonds. The van der Waals surface area contributed by atoms with Gasteiger partial charge in [0.15, 0.2) is 5.11 Å². The molecule has 2 N–H and O–H groups in total. The van der Waals surface area contributed by atoms with E-state index in [1.165, 1.54) is 12.8 Å². The van der Waals surface area contributed by atoms with Gasteiger partial charge < -0.3 is 24.5 Å². The van der Waals surface area contributed by atoms with Crippen molar-refractivity contribution in [2.24, 2.45) is 0 Å². The zero-order chi connectivity index (χ0) is 26.9. The summed E-state index contributed by atoms with van der Waals surface area (Å²) in [4.78, 5) is 18.1. The van der Waals surface area contributed by atoms with Crippen molar-refractivity contribution in [3.63, 3.8) is 0 Å². The molecule has 2 aromatic heterocycles. The number of carboxylic acids is 1. The van der Waals surface area contributed by atoms with Gasteiger partial charge in [-0.15, -0.1) is 0 Å². The number of nitrogens with one attached hydrogen (secondary N) is 1. The molecular formula is C31H29N3O4S. The lowest BCUT2D eigenvalue weighted by atomic mass is 10.0. The molecule has 3 heterocycles. The average Bonchev–Trinajstić information content (AvgIpc) is 3.70. The maximum Gasteiger partial charge on any atom is 0.335 e. The van der Waals surface area contributed by atoms with Crippen LogP contribution in [0.3, 0.4) is 0 Å². The van der Waals surface area contributed by atoms with E-state index in [0.717, 1.165) is 46.9 Å². The lowest BCUT2D eigenvalue weighted by molar-refractivity contribution is 0.0696. The van der Waals surface area contributed by atoms with Gasteiger partial charge in [-0.1, -0.05) is 12.1 Å². The number of thiocarbonyl (C=S) groups is 1. The van der Waals surface area contributed by atoms with Crippen LogP contribution in [0.15, 0.2) is 83.4 Å². The maximum absolute atomic E-state index is 11.4. The Bertz CT molecular complexity index is 1500. The van der Waals surface area contributed by atoms with Crippen LogP contribution in [-0.4, -0.2) is 27.3 Å². The van der Waals surface area contributed by atoms with Crippen LogP contribution in [0.4, 0.5) is 5.69 Å². The number of aryl methyl sites for hydroxylation is 1.